The van der Waals surface area contributed by atoms with E-state index >= 15 is 0 Å². The lowest BCUT2D eigenvalue weighted by atomic mass is 10.1. The van der Waals surface area contributed by atoms with Gasteiger partial charge in [0, 0.05) is 28.9 Å². The molecule has 0 amide bonds. The molecule has 6 nitrogen and oxygen atoms in total. The van der Waals surface area contributed by atoms with E-state index in [9.17, 15) is 9.59 Å². The van der Waals surface area contributed by atoms with Crippen LogP contribution < -0.4 is 5.56 Å². The summed E-state index contributed by atoms with van der Waals surface area (Å²) in [7, 11) is 0. The fourth-order valence-corrected chi connectivity index (χ4v) is 2.31. The first kappa shape index (κ1) is 13.3. The molecular formula is C13H17N3O3. The number of hydrogen-bond donors (Lipinski definition) is 2. The number of carboxylic acid groups (broad SMARTS) is 1. The zero-order valence-electron chi connectivity index (χ0n) is 11.3. The van der Waals surface area contributed by atoms with E-state index in [-0.39, 0.29) is 18.4 Å². The Balaban J connectivity index is 2.63. The Labute approximate surface area is 110 Å². The highest BCUT2D eigenvalue weighted by molar-refractivity contribution is 5.67. The molecule has 0 fully saturated rings. The Morgan fingerprint density at radius 1 is 1.37 bits per heavy atom. The standard InChI is InChI=1S/C13H17N3O3/c1-4-9-8(3)15-16-12(9)14-7(2)10(13(16)19)5-6-11(17)18/h15H,4-6H2,1-3H3,(H,17,18). The molecule has 2 heterocycles. The fraction of sp³-hybridized carbons (Fsp3) is 0.462. The van der Waals surface area contributed by atoms with Gasteiger partial charge in [-0.15, -0.1) is 0 Å². The van der Waals surface area contributed by atoms with Crippen LogP contribution in [-0.4, -0.2) is 25.7 Å². The number of aliphatic carboxylic acids is 1. The van der Waals surface area contributed by atoms with Gasteiger partial charge in [-0.2, -0.15) is 0 Å². The summed E-state index contributed by atoms with van der Waals surface area (Å²) >= 11 is 0. The van der Waals surface area contributed by atoms with Crippen molar-refractivity contribution >= 4 is 11.6 Å². The van der Waals surface area contributed by atoms with E-state index in [4.69, 9.17) is 5.11 Å². The molecule has 2 aromatic rings. The van der Waals surface area contributed by atoms with Gasteiger partial charge in [0.15, 0.2) is 5.65 Å². The molecule has 2 N–H and O–H groups in total. The van der Waals surface area contributed by atoms with Gasteiger partial charge >= 0.3 is 5.97 Å². The zero-order chi connectivity index (χ0) is 14.2. The molecule has 0 aliphatic carbocycles. The van der Waals surface area contributed by atoms with Crippen molar-refractivity contribution in [3.8, 4) is 0 Å². The smallest absolute Gasteiger partial charge is 0.303 e. The van der Waals surface area contributed by atoms with Crippen LogP contribution in [-0.2, 0) is 17.6 Å². The van der Waals surface area contributed by atoms with Crippen molar-refractivity contribution in [1.82, 2.24) is 14.6 Å². The average Bonchev–Trinajstić information content (AvgIpc) is 2.64. The van der Waals surface area contributed by atoms with Crippen LogP contribution in [0.1, 0.15) is 35.9 Å². The summed E-state index contributed by atoms with van der Waals surface area (Å²) in [6.07, 6.45) is 0.929. The van der Waals surface area contributed by atoms with Crippen molar-refractivity contribution in [2.45, 2.75) is 40.0 Å². The second-order valence-electron chi connectivity index (χ2n) is 4.60. The normalized spacial score (nSPS) is 11.1. The lowest BCUT2D eigenvalue weighted by Gasteiger charge is -2.04. The molecule has 0 radical (unpaired) electrons. The van der Waals surface area contributed by atoms with Crippen LogP contribution in [0.25, 0.3) is 5.65 Å². The predicted octanol–water partition coefficient (Wildman–Crippen LogP) is 1.22. The molecule has 2 aromatic heterocycles. The second-order valence-corrected chi connectivity index (χ2v) is 4.60. The van der Waals surface area contributed by atoms with Crippen molar-refractivity contribution in [3.63, 3.8) is 0 Å². The number of hydrogen-bond acceptors (Lipinski definition) is 3. The van der Waals surface area contributed by atoms with Gasteiger partial charge in [0.1, 0.15) is 0 Å². The first-order chi connectivity index (χ1) is 8.95. The molecule has 2 rings (SSSR count). The van der Waals surface area contributed by atoms with Crippen LogP contribution in [0.2, 0.25) is 0 Å². The minimum Gasteiger partial charge on any atom is -0.481 e. The molecule has 19 heavy (non-hydrogen) atoms. The largest absolute Gasteiger partial charge is 0.481 e. The minimum atomic E-state index is -0.916. The third-order valence-corrected chi connectivity index (χ3v) is 3.33. The van der Waals surface area contributed by atoms with Crippen molar-refractivity contribution in [2.24, 2.45) is 0 Å². The lowest BCUT2D eigenvalue weighted by molar-refractivity contribution is -0.136. The van der Waals surface area contributed by atoms with Gasteiger partial charge < -0.3 is 5.11 Å². The molecule has 0 unspecified atom stereocenters. The fourth-order valence-electron chi connectivity index (χ4n) is 2.31. The molecule has 0 aliphatic rings. The number of aromatic amines is 1. The Hall–Kier alpha value is -2.11. The van der Waals surface area contributed by atoms with Crippen LogP contribution >= 0.6 is 0 Å². The quantitative estimate of drug-likeness (QED) is 0.868. The van der Waals surface area contributed by atoms with Gasteiger partial charge in [-0.3, -0.25) is 14.7 Å². The second kappa shape index (κ2) is 4.87. The van der Waals surface area contributed by atoms with E-state index in [2.05, 4.69) is 10.1 Å². The van der Waals surface area contributed by atoms with Gasteiger partial charge in [-0.1, -0.05) is 6.92 Å². The lowest BCUT2D eigenvalue weighted by Crippen LogP contribution is -2.22. The summed E-state index contributed by atoms with van der Waals surface area (Å²) in [5.41, 5.74) is 3.45. The van der Waals surface area contributed by atoms with Crippen LogP contribution in [0.4, 0.5) is 0 Å². The Bertz CT molecular complexity index is 697. The molecule has 102 valence electrons. The summed E-state index contributed by atoms with van der Waals surface area (Å²) in [5, 5.41) is 11.7. The number of fused-ring (bicyclic) bond motifs is 1. The molecule has 0 saturated carbocycles. The zero-order valence-corrected chi connectivity index (χ0v) is 11.3. The number of nitrogens with one attached hydrogen (secondary N) is 1. The molecule has 0 spiro atoms. The molecule has 0 aromatic carbocycles. The van der Waals surface area contributed by atoms with Gasteiger partial charge in [-0.05, 0) is 26.7 Å². The number of nitrogens with zero attached hydrogens (tertiary/aromatic N) is 2. The number of carbonyl (C=O) groups is 1. The van der Waals surface area contributed by atoms with E-state index < -0.39 is 5.97 Å². The van der Waals surface area contributed by atoms with E-state index in [1.54, 1.807) is 6.92 Å². The van der Waals surface area contributed by atoms with E-state index in [1.807, 2.05) is 13.8 Å². The molecule has 0 aliphatic heterocycles. The Kier molecular flexibility index (Phi) is 3.42. The van der Waals surface area contributed by atoms with Crippen LogP contribution in [0.3, 0.4) is 0 Å². The van der Waals surface area contributed by atoms with Crippen LogP contribution in [0.5, 0.6) is 0 Å². The van der Waals surface area contributed by atoms with E-state index in [0.29, 0.717) is 16.9 Å². The maximum absolute atomic E-state index is 12.3. The van der Waals surface area contributed by atoms with E-state index in [1.165, 1.54) is 4.52 Å². The third kappa shape index (κ3) is 2.25. The Morgan fingerprint density at radius 2 is 2.05 bits per heavy atom. The van der Waals surface area contributed by atoms with Crippen LogP contribution in [0.15, 0.2) is 4.79 Å². The number of aryl methyl sites for hydroxylation is 3. The SMILES string of the molecule is CCc1c(C)[nH]n2c(=O)c(CCC(=O)O)c(C)nc12. The number of H-pyrrole nitrogens is 1. The maximum Gasteiger partial charge on any atom is 0.303 e. The first-order valence-corrected chi connectivity index (χ1v) is 6.27. The monoisotopic (exact) mass is 263 g/mol. The Morgan fingerprint density at radius 3 is 2.63 bits per heavy atom. The predicted molar refractivity (Wildman–Crippen MR) is 70.6 cm³/mol. The summed E-state index contributed by atoms with van der Waals surface area (Å²) in [6.45, 7) is 5.66. The molecule has 6 heteroatoms. The first-order valence-electron chi connectivity index (χ1n) is 6.27. The van der Waals surface area contributed by atoms with Crippen molar-refractivity contribution in [2.75, 3.05) is 0 Å². The van der Waals surface area contributed by atoms with Crippen molar-refractivity contribution in [1.29, 1.82) is 0 Å². The average molecular weight is 263 g/mol. The molecule has 0 atom stereocenters. The van der Waals surface area contributed by atoms with Gasteiger partial charge in [0.2, 0.25) is 0 Å². The van der Waals surface area contributed by atoms with Gasteiger partial charge in [-0.25, -0.2) is 9.50 Å². The van der Waals surface area contributed by atoms with Crippen molar-refractivity contribution < 1.29 is 9.90 Å². The third-order valence-electron chi connectivity index (χ3n) is 3.33. The number of carboxylic acids is 1. The number of rotatable bonds is 4. The van der Waals surface area contributed by atoms with Crippen molar-refractivity contribution in [3.05, 3.63) is 32.9 Å². The van der Waals surface area contributed by atoms with Gasteiger partial charge in [0.05, 0.1) is 0 Å². The summed E-state index contributed by atoms with van der Waals surface area (Å²) < 4.78 is 1.42. The number of aromatic nitrogens is 3. The van der Waals surface area contributed by atoms with Crippen LogP contribution in [0, 0.1) is 13.8 Å². The summed E-state index contributed by atoms with van der Waals surface area (Å²) in [6, 6.07) is 0. The highest BCUT2D eigenvalue weighted by Crippen LogP contribution is 2.14. The molecular weight excluding hydrogens is 246 g/mol. The highest BCUT2D eigenvalue weighted by Gasteiger charge is 2.15. The highest BCUT2D eigenvalue weighted by atomic mass is 16.4. The summed E-state index contributed by atoms with van der Waals surface area (Å²) in [5.74, 6) is -0.916. The molecule has 0 saturated heterocycles. The molecule has 0 bridgehead atoms. The minimum absolute atomic E-state index is 0.0653. The van der Waals surface area contributed by atoms with Gasteiger partial charge in [0.25, 0.3) is 5.56 Å². The maximum atomic E-state index is 12.3. The topological polar surface area (TPSA) is 87.5 Å². The van der Waals surface area contributed by atoms with E-state index in [0.717, 1.165) is 17.7 Å². The summed E-state index contributed by atoms with van der Waals surface area (Å²) in [4.78, 5) is 27.4.